The van der Waals surface area contributed by atoms with Crippen LogP contribution in [0.5, 0.6) is 0 Å². The maximum atomic E-state index is 12.9. The van der Waals surface area contributed by atoms with Gasteiger partial charge in [-0.3, -0.25) is 0 Å². The Hall–Kier alpha value is -1.88. The summed E-state index contributed by atoms with van der Waals surface area (Å²) < 4.78 is 14.4. The summed E-state index contributed by atoms with van der Waals surface area (Å²) in [5, 5.41) is 16.5. The van der Waals surface area contributed by atoms with Gasteiger partial charge in [0.05, 0.1) is 12.2 Å². The first-order chi connectivity index (χ1) is 8.72. The lowest BCUT2D eigenvalue weighted by Crippen LogP contribution is -2.12. The van der Waals surface area contributed by atoms with Crippen molar-refractivity contribution in [3.63, 3.8) is 0 Å². The molecular formula is C10H9FN6S. The molecule has 0 bridgehead atoms. The van der Waals surface area contributed by atoms with Gasteiger partial charge in [0, 0.05) is 6.42 Å². The van der Waals surface area contributed by atoms with Crippen molar-refractivity contribution >= 4 is 23.4 Å². The van der Waals surface area contributed by atoms with Gasteiger partial charge < -0.3 is 5.32 Å². The zero-order valence-corrected chi connectivity index (χ0v) is 10.3. The van der Waals surface area contributed by atoms with E-state index in [0.717, 1.165) is 0 Å². The average molecular weight is 264 g/mol. The Balaban J connectivity index is 2.10. The molecule has 0 aliphatic heterocycles. The predicted octanol–water partition coefficient (Wildman–Crippen LogP) is 1.24. The molecule has 0 radical (unpaired) electrons. The Kier molecular flexibility index (Phi) is 2.56. The summed E-state index contributed by atoms with van der Waals surface area (Å²) in [7, 11) is 0. The number of thioether (sulfide) groups is 1. The van der Waals surface area contributed by atoms with Crippen LogP contribution in [0.4, 0.5) is 10.3 Å². The minimum Gasteiger partial charge on any atom is -0.348 e. The topological polar surface area (TPSA) is 78.9 Å². The number of rotatable bonds is 3. The van der Waals surface area contributed by atoms with E-state index in [4.69, 9.17) is 5.26 Å². The number of aromatic nitrogens is 4. The molecule has 1 saturated carbocycles. The molecule has 8 heteroatoms. The molecule has 0 spiro atoms. The van der Waals surface area contributed by atoms with Gasteiger partial charge in [0.2, 0.25) is 5.95 Å². The molecule has 2 heterocycles. The summed E-state index contributed by atoms with van der Waals surface area (Å²) in [5.74, 6) is 0.427. The number of hydrogen-bond acceptors (Lipinski definition) is 6. The van der Waals surface area contributed by atoms with Gasteiger partial charge in [0.25, 0.3) is 0 Å². The fraction of sp³-hybridized carbons (Fsp3) is 0.400. The van der Waals surface area contributed by atoms with Crippen molar-refractivity contribution < 1.29 is 4.39 Å². The summed E-state index contributed by atoms with van der Waals surface area (Å²) in [4.78, 5) is 8.47. The van der Waals surface area contributed by atoms with E-state index in [2.05, 4.69) is 20.4 Å². The van der Waals surface area contributed by atoms with Crippen molar-refractivity contribution in [1.82, 2.24) is 19.6 Å². The van der Waals surface area contributed by atoms with Crippen LogP contribution in [0.25, 0.3) is 5.65 Å². The maximum Gasteiger partial charge on any atom is 0.228 e. The smallest absolute Gasteiger partial charge is 0.228 e. The summed E-state index contributed by atoms with van der Waals surface area (Å²) in [6.45, 7) is 0. The number of halogens is 1. The number of anilines is 1. The van der Waals surface area contributed by atoms with Crippen molar-refractivity contribution in [3.05, 3.63) is 11.8 Å². The lowest BCUT2D eigenvalue weighted by molar-refractivity contribution is 0.471. The average Bonchev–Trinajstić information content (AvgIpc) is 2.92. The first-order valence-corrected chi connectivity index (χ1v) is 6.56. The van der Waals surface area contributed by atoms with Crippen molar-refractivity contribution in [2.24, 2.45) is 0 Å². The molecule has 18 heavy (non-hydrogen) atoms. The number of fused-ring (bicyclic) bond motifs is 1. The Labute approximate surface area is 106 Å². The van der Waals surface area contributed by atoms with E-state index >= 15 is 0 Å². The van der Waals surface area contributed by atoms with Gasteiger partial charge in [-0.05, 0) is 6.26 Å². The van der Waals surface area contributed by atoms with Gasteiger partial charge in [0.1, 0.15) is 17.8 Å². The maximum absolute atomic E-state index is 12.9. The second-order valence-corrected chi connectivity index (χ2v) is 4.72. The number of hydrogen-bond donors (Lipinski definition) is 1. The molecule has 1 fully saturated rings. The first-order valence-electron chi connectivity index (χ1n) is 5.33. The Bertz CT molecular complexity index is 648. The molecule has 3 rings (SSSR count). The zero-order chi connectivity index (χ0) is 12.7. The zero-order valence-electron chi connectivity index (χ0n) is 9.46. The van der Waals surface area contributed by atoms with Crippen LogP contribution in [0.1, 0.15) is 12.0 Å². The number of alkyl halides is 1. The van der Waals surface area contributed by atoms with Crippen molar-refractivity contribution in [2.75, 3.05) is 11.6 Å². The van der Waals surface area contributed by atoms with E-state index in [1.165, 1.54) is 22.5 Å². The molecule has 92 valence electrons. The van der Waals surface area contributed by atoms with E-state index in [-0.39, 0.29) is 6.04 Å². The van der Waals surface area contributed by atoms with Crippen molar-refractivity contribution in [1.29, 1.82) is 5.26 Å². The van der Waals surface area contributed by atoms with Crippen LogP contribution in [-0.4, -0.2) is 38.1 Å². The van der Waals surface area contributed by atoms with Gasteiger partial charge >= 0.3 is 0 Å². The lowest BCUT2D eigenvalue weighted by atomic mass is 10.4. The third kappa shape index (κ3) is 1.76. The molecule has 1 aliphatic carbocycles. The highest BCUT2D eigenvalue weighted by atomic mass is 32.2. The van der Waals surface area contributed by atoms with Crippen molar-refractivity contribution in [3.8, 4) is 6.07 Å². The predicted molar refractivity (Wildman–Crippen MR) is 64.2 cm³/mol. The fourth-order valence-corrected chi connectivity index (χ4v) is 1.96. The molecule has 2 aromatic rings. The molecule has 1 aliphatic rings. The molecular weight excluding hydrogens is 255 g/mol. The number of nitriles is 1. The van der Waals surface area contributed by atoms with E-state index in [1.54, 1.807) is 0 Å². The molecule has 0 saturated heterocycles. The van der Waals surface area contributed by atoms with E-state index in [1.807, 2.05) is 12.3 Å². The molecule has 1 N–H and O–H groups in total. The SMILES string of the molecule is CSc1nc(N[C@@H]2C[C@@H]2F)n2ncc(C#N)c2n1. The third-order valence-electron chi connectivity index (χ3n) is 2.68. The number of nitrogens with zero attached hydrogens (tertiary/aromatic N) is 5. The largest absolute Gasteiger partial charge is 0.348 e. The van der Waals surface area contributed by atoms with Crippen LogP contribution < -0.4 is 5.32 Å². The van der Waals surface area contributed by atoms with Crippen LogP contribution in [-0.2, 0) is 0 Å². The van der Waals surface area contributed by atoms with Crippen molar-refractivity contribution in [2.45, 2.75) is 23.8 Å². The fourth-order valence-electron chi connectivity index (χ4n) is 1.60. The normalized spacial score (nSPS) is 21.8. The van der Waals surface area contributed by atoms with Crippen LogP contribution in [0.2, 0.25) is 0 Å². The van der Waals surface area contributed by atoms with Gasteiger partial charge in [-0.15, -0.1) is 0 Å². The number of nitrogens with one attached hydrogen (secondary N) is 1. The summed E-state index contributed by atoms with van der Waals surface area (Å²) >= 11 is 1.36. The molecule has 0 amide bonds. The molecule has 2 atom stereocenters. The van der Waals surface area contributed by atoms with Gasteiger partial charge in [0.15, 0.2) is 10.8 Å². The quantitative estimate of drug-likeness (QED) is 0.840. The Morgan fingerprint density at radius 1 is 1.61 bits per heavy atom. The molecule has 0 unspecified atom stereocenters. The van der Waals surface area contributed by atoms with Crippen LogP contribution in [0.3, 0.4) is 0 Å². The summed E-state index contributed by atoms with van der Waals surface area (Å²) in [6.07, 6.45) is 2.91. The Morgan fingerprint density at radius 3 is 3.00 bits per heavy atom. The molecule has 6 nitrogen and oxygen atoms in total. The van der Waals surface area contributed by atoms with E-state index in [0.29, 0.717) is 28.7 Å². The van der Waals surface area contributed by atoms with E-state index < -0.39 is 6.17 Å². The van der Waals surface area contributed by atoms with Crippen LogP contribution in [0, 0.1) is 11.3 Å². The summed E-state index contributed by atoms with van der Waals surface area (Å²) in [5.41, 5.74) is 0.818. The summed E-state index contributed by atoms with van der Waals surface area (Å²) in [6, 6.07) is 1.81. The second-order valence-electron chi connectivity index (χ2n) is 3.94. The van der Waals surface area contributed by atoms with Crippen LogP contribution in [0.15, 0.2) is 11.4 Å². The second kappa shape index (κ2) is 4.10. The van der Waals surface area contributed by atoms with Gasteiger partial charge in [-0.1, -0.05) is 11.8 Å². The van der Waals surface area contributed by atoms with E-state index in [9.17, 15) is 4.39 Å². The van der Waals surface area contributed by atoms with Gasteiger partial charge in [-0.2, -0.15) is 19.9 Å². The minimum absolute atomic E-state index is 0.215. The highest BCUT2D eigenvalue weighted by Crippen LogP contribution is 2.29. The van der Waals surface area contributed by atoms with Crippen LogP contribution >= 0.6 is 11.8 Å². The molecule has 2 aromatic heterocycles. The highest BCUT2D eigenvalue weighted by molar-refractivity contribution is 7.98. The lowest BCUT2D eigenvalue weighted by Gasteiger charge is -2.06. The highest BCUT2D eigenvalue weighted by Gasteiger charge is 2.38. The Morgan fingerprint density at radius 2 is 2.39 bits per heavy atom. The third-order valence-corrected chi connectivity index (χ3v) is 3.23. The van der Waals surface area contributed by atoms with Gasteiger partial charge in [-0.25, -0.2) is 9.37 Å². The standard InChI is InChI=1S/C10H9FN6S/c1-18-10-15-8-5(3-12)4-13-17(8)9(16-10)14-7-2-6(7)11/h4,6-7H,2H2,1H3,(H,14,15,16)/t6-,7+/m0/s1. The minimum atomic E-state index is -0.834. The molecule has 0 aromatic carbocycles. The monoisotopic (exact) mass is 264 g/mol. The first kappa shape index (κ1) is 11.2.